The lowest BCUT2D eigenvalue weighted by molar-refractivity contribution is -0.121. The van der Waals surface area contributed by atoms with E-state index in [4.69, 9.17) is 20.3 Å². The van der Waals surface area contributed by atoms with E-state index >= 15 is 0 Å². The van der Waals surface area contributed by atoms with E-state index < -0.39 is 25.9 Å². The summed E-state index contributed by atoms with van der Waals surface area (Å²) >= 11 is 0. The van der Waals surface area contributed by atoms with Gasteiger partial charge in [-0.3, -0.25) is 14.1 Å². The van der Waals surface area contributed by atoms with E-state index in [1.165, 1.54) is 19.9 Å². The highest BCUT2D eigenvalue weighted by atomic mass is 31.2. The van der Waals surface area contributed by atoms with Crippen LogP contribution in [0.4, 0.5) is 5.69 Å². The van der Waals surface area contributed by atoms with E-state index in [2.05, 4.69) is 34.1 Å². The minimum absolute atomic E-state index is 0.256. The van der Waals surface area contributed by atoms with Gasteiger partial charge in [0.2, 0.25) is 5.91 Å². The number of carbonyl (C=O) groups excluding carboxylic acids is 2. The van der Waals surface area contributed by atoms with Crippen LogP contribution in [0.25, 0.3) is 11.1 Å². The quantitative estimate of drug-likeness (QED) is 0.223. The number of ether oxygens (including phenoxy) is 1. The molecule has 36 heavy (non-hydrogen) atoms. The van der Waals surface area contributed by atoms with Crippen molar-refractivity contribution in [1.29, 1.82) is 0 Å². The molecule has 3 aromatic carbocycles. The van der Waals surface area contributed by atoms with Gasteiger partial charge in [0.15, 0.2) is 5.78 Å². The summed E-state index contributed by atoms with van der Waals surface area (Å²) in [5.41, 5.74) is 8.02. The van der Waals surface area contributed by atoms with Crippen LogP contribution < -0.4 is 15.8 Å². The third-order valence-corrected chi connectivity index (χ3v) is 5.84. The van der Waals surface area contributed by atoms with Crippen molar-refractivity contribution in [1.82, 2.24) is 0 Å². The Balaban J connectivity index is 1.61. The highest BCUT2D eigenvalue weighted by Gasteiger charge is 2.32. The highest BCUT2D eigenvalue weighted by molar-refractivity contribution is 7.46. The van der Waals surface area contributed by atoms with Crippen molar-refractivity contribution in [2.45, 2.75) is 25.8 Å². The van der Waals surface area contributed by atoms with Gasteiger partial charge in [-0.2, -0.15) is 0 Å². The summed E-state index contributed by atoms with van der Waals surface area (Å²) in [5, 5.41) is 2.54. The summed E-state index contributed by atoms with van der Waals surface area (Å²) in [6.07, 6.45) is 0.635. The maximum absolute atomic E-state index is 12.5. The minimum atomic E-state index is -4.78. The molecule has 0 heterocycles. The molecular formula is C26H29N2O7P. The molecule has 0 radical (unpaired) electrons. The number of amides is 1. The Hall–Kier alpha value is -3.33. The van der Waals surface area contributed by atoms with Gasteiger partial charge in [-0.25, -0.2) is 4.57 Å². The lowest BCUT2D eigenvalue weighted by Gasteiger charge is -2.23. The summed E-state index contributed by atoms with van der Waals surface area (Å²) in [6.45, 7) is 2.30. The summed E-state index contributed by atoms with van der Waals surface area (Å²) in [6, 6.07) is 22.8. The molecule has 9 nitrogen and oxygen atoms in total. The number of hydrogen-bond acceptors (Lipinski definition) is 6. The molecule has 0 unspecified atom stereocenters. The maximum Gasteiger partial charge on any atom is 0.469 e. The number of phosphoric ester groups is 1. The van der Waals surface area contributed by atoms with E-state index in [9.17, 15) is 14.2 Å². The SMILES string of the molecule is CC(=O)c1cc(NC(=O)[C@@](C)(N)COP(=O)(O)O)ccc1OCCc1ccc(-c2ccccc2)cc1. The van der Waals surface area contributed by atoms with Crippen molar-refractivity contribution in [2.24, 2.45) is 5.73 Å². The smallest absolute Gasteiger partial charge is 0.469 e. The summed E-state index contributed by atoms with van der Waals surface area (Å²) in [4.78, 5) is 42.3. The van der Waals surface area contributed by atoms with Crippen molar-refractivity contribution in [3.8, 4) is 16.9 Å². The molecule has 0 saturated carbocycles. The fourth-order valence-electron chi connectivity index (χ4n) is 3.34. The Morgan fingerprint density at radius 1 is 1.00 bits per heavy atom. The van der Waals surface area contributed by atoms with Gasteiger partial charge in [0.05, 0.1) is 18.8 Å². The molecule has 0 aliphatic heterocycles. The van der Waals surface area contributed by atoms with Crippen LogP contribution >= 0.6 is 7.82 Å². The Kier molecular flexibility index (Phi) is 8.79. The predicted octanol–water partition coefficient (Wildman–Crippen LogP) is 3.94. The molecule has 10 heteroatoms. The molecule has 0 aromatic heterocycles. The van der Waals surface area contributed by atoms with Crippen LogP contribution in [0, 0.1) is 0 Å². The molecule has 3 rings (SSSR count). The van der Waals surface area contributed by atoms with Crippen LogP contribution in [0.1, 0.15) is 29.8 Å². The van der Waals surface area contributed by atoms with Crippen LogP contribution in [0.5, 0.6) is 5.75 Å². The molecular weight excluding hydrogens is 483 g/mol. The number of benzene rings is 3. The van der Waals surface area contributed by atoms with Crippen molar-refractivity contribution in [3.05, 3.63) is 83.9 Å². The fourth-order valence-corrected chi connectivity index (χ4v) is 3.78. The van der Waals surface area contributed by atoms with Gasteiger partial charge in [-0.1, -0.05) is 54.6 Å². The van der Waals surface area contributed by atoms with Gasteiger partial charge in [0, 0.05) is 12.1 Å². The first-order chi connectivity index (χ1) is 16.9. The number of Topliss-reactive ketones (excluding diaryl/α,β-unsaturated/α-hetero) is 1. The molecule has 0 fully saturated rings. The number of hydrogen-bond donors (Lipinski definition) is 4. The van der Waals surface area contributed by atoms with Crippen LogP contribution in [-0.2, 0) is 20.3 Å². The molecule has 5 N–H and O–H groups in total. The number of ketones is 1. The van der Waals surface area contributed by atoms with Gasteiger partial charge >= 0.3 is 7.82 Å². The molecule has 0 aliphatic rings. The number of nitrogens with one attached hydrogen (secondary N) is 1. The predicted molar refractivity (Wildman–Crippen MR) is 137 cm³/mol. The summed E-state index contributed by atoms with van der Waals surface area (Å²) in [5.74, 6) is -0.617. The molecule has 3 aromatic rings. The fraction of sp³-hybridized carbons (Fsp3) is 0.231. The molecule has 190 valence electrons. The summed E-state index contributed by atoms with van der Waals surface area (Å²) < 4.78 is 21.1. The number of nitrogens with two attached hydrogens (primary N) is 1. The first-order valence-electron chi connectivity index (χ1n) is 11.2. The largest absolute Gasteiger partial charge is 0.492 e. The Morgan fingerprint density at radius 2 is 1.64 bits per heavy atom. The zero-order chi connectivity index (χ0) is 26.3. The Labute approximate surface area is 209 Å². The van der Waals surface area contributed by atoms with Gasteiger partial charge in [0.25, 0.3) is 0 Å². The Morgan fingerprint density at radius 3 is 2.25 bits per heavy atom. The van der Waals surface area contributed by atoms with E-state index in [-0.39, 0.29) is 17.0 Å². The average molecular weight is 512 g/mol. The van der Waals surface area contributed by atoms with Crippen molar-refractivity contribution >= 4 is 25.2 Å². The van der Waals surface area contributed by atoms with Crippen molar-refractivity contribution < 1.29 is 33.2 Å². The number of carbonyl (C=O) groups is 2. The van der Waals surface area contributed by atoms with E-state index in [0.29, 0.717) is 18.8 Å². The topological polar surface area (TPSA) is 148 Å². The molecule has 0 aliphatic carbocycles. The minimum Gasteiger partial charge on any atom is -0.492 e. The van der Waals surface area contributed by atoms with E-state index in [1.807, 2.05) is 30.3 Å². The molecule has 0 bridgehead atoms. The molecule has 0 saturated heterocycles. The second kappa shape index (κ2) is 11.6. The number of rotatable bonds is 11. The van der Waals surface area contributed by atoms with Crippen LogP contribution in [0.3, 0.4) is 0 Å². The zero-order valence-corrected chi connectivity index (χ0v) is 20.9. The number of phosphoric acid groups is 1. The standard InChI is InChI=1S/C26H29N2O7P/c1-18(29)23-16-22(28-25(30)26(2,27)17-35-36(31,32)33)12-13-24(23)34-15-14-19-8-10-21(11-9-19)20-6-4-3-5-7-20/h3-13,16H,14-15,17,27H2,1-2H3,(H,28,30)(H2,31,32,33)/t26-/m0/s1. The van der Waals surface area contributed by atoms with Crippen LogP contribution in [0.15, 0.2) is 72.8 Å². The zero-order valence-electron chi connectivity index (χ0n) is 20.0. The molecule has 0 spiro atoms. The van der Waals surface area contributed by atoms with Gasteiger partial charge < -0.3 is 25.6 Å². The highest BCUT2D eigenvalue weighted by Crippen LogP contribution is 2.36. The van der Waals surface area contributed by atoms with Crippen LogP contribution in [0.2, 0.25) is 0 Å². The maximum atomic E-state index is 12.5. The van der Waals surface area contributed by atoms with Gasteiger partial charge in [-0.05, 0) is 48.7 Å². The second-order valence-corrected chi connectivity index (χ2v) is 9.80. The monoisotopic (exact) mass is 512 g/mol. The lowest BCUT2D eigenvalue weighted by Crippen LogP contribution is -2.52. The lowest BCUT2D eigenvalue weighted by atomic mass is 10.0. The summed E-state index contributed by atoms with van der Waals surface area (Å²) in [7, 11) is -4.78. The van der Waals surface area contributed by atoms with Gasteiger partial charge in [0.1, 0.15) is 11.3 Å². The van der Waals surface area contributed by atoms with Crippen molar-refractivity contribution in [3.63, 3.8) is 0 Å². The third-order valence-electron chi connectivity index (χ3n) is 5.38. The first kappa shape index (κ1) is 27.3. The van der Waals surface area contributed by atoms with Gasteiger partial charge in [-0.15, -0.1) is 0 Å². The average Bonchev–Trinajstić information content (AvgIpc) is 2.84. The number of anilines is 1. The third kappa shape index (κ3) is 7.84. The second-order valence-electron chi connectivity index (χ2n) is 8.56. The van der Waals surface area contributed by atoms with Crippen molar-refractivity contribution in [2.75, 3.05) is 18.5 Å². The molecule has 1 amide bonds. The normalized spacial score (nSPS) is 13.0. The van der Waals surface area contributed by atoms with E-state index in [1.54, 1.807) is 12.1 Å². The first-order valence-corrected chi connectivity index (χ1v) is 12.7. The van der Waals surface area contributed by atoms with E-state index in [0.717, 1.165) is 16.7 Å². The van der Waals surface area contributed by atoms with Crippen LogP contribution in [-0.4, -0.2) is 40.2 Å². The molecule has 1 atom stereocenters. The Bertz CT molecular complexity index is 1260.